The molecule has 0 spiro atoms. The summed E-state index contributed by atoms with van der Waals surface area (Å²) in [4.78, 5) is 2.38. The van der Waals surface area contributed by atoms with E-state index in [1.165, 1.54) is 5.56 Å². The van der Waals surface area contributed by atoms with Crippen molar-refractivity contribution in [2.75, 3.05) is 12.3 Å². The normalized spacial score (nSPS) is 15.6. The summed E-state index contributed by atoms with van der Waals surface area (Å²) in [7, 11) is 0. The minimum atomic E-state index is 0.845. The van der Waals surface area contributed by atoms with Gasteiger partial charge in [-0.25, -0.2) is 0 Å². The fourth-order valence-electron chi connectivity index (χ4n) is 2.18. The van der Waals surface area contributed by atoms with Gasteiger partial charge in [-0.05, 0) is 40.3 Å². The number of hydrogen-bond donors (Lipinski definition) is 1. The fourth-order valence-corrected chi connectivity index (χ4v) is 2.76. The van der Waals surface area contributed by atoms with Crippen molar-refractivity contribution in [2.45, 2.75) is 19.6 Å². The van der Waals surface area contributed by atoms with Gasteiger partial charge in [-0.1, -0.05) is 6.07 Å². The summed E-state index contributed by atoms with van der Waals surface area (Å²) in [6, 6.07) is 6.22. The molecule has 2 aromatic rings. The van der Waals surface area contributed by atoms with E-state index in [1.807, 2.05) is 6.07 Å². The third-order valence-corrected chi connectivity index (χ3v) is 4.12. The predicted octanol–water partition coefficient (Wildman–Crippen LogP) is 1.48. The Labute approximate surface area is 119 Å². The van der Waals surface area contributed by atoms with Crippen LogP contribution in [-0.4, -0.2) is 26.2 Å². The Morgan fingerprint density at radius 3 is 3.06 bits per heavy atom. The van der Waals surface area contributed by atoms with Crippen LogP contribution in [0.5, 0.6) is 0 Å². The number of halogens is 1. The number of anilines is 1. The molecule has 0 aliphatic carbocycles. The van der Waals surface area contributed by atoms with Gasteiger partial charge >= 0.3 is 0 Å². The van der Waals surface area contributed by atoms with Gasteiger partial charge in [-0.15, -0.1) is 10.2 Å². The van der Waals surface area contributed by atoms with Crippen molar-refractivity contribution in [1.82, 2.24) is 19.7 Å². The van der Waals surface area contributed by atoms with Gasteiger partial charge in [0.25, 0.3) is 0 Å². The maximum Gasteiger partial charge on any atom is 0.147 e. The van der Waals surface area contributed by atoms with E-state index >= 15 is 0 Å². The average molecular weight is 355 g/mol. The van der Waals surface area contributed by atoms with Gasteiger partial charge in [0, 0.05) is 28.9 Å². The van der Waals surface area contributed by atoms with E-state index in [0.29, 0.717) is 0 Å². The molecule has 3 rings (SSSR count). The Hall–Kier alpha value is -1.15. The molecule has 0 fully saturated rings. The van der Waals surface area contributed by atoms with Crippen molar-refractivity contribution in [3.05, 3.63) is 39.5 Å². The molecule has 0 amide bonds. The van der Waals surface area contributed by atoms with Crippen LogP contribution in [0.3, 0.4) is 0 Å². The van der Waals surface area contributed by atoms with E-state index in [4.69, 9.17) is 5.73 Å². The van der Waals surface area contributed by atoms with Gasteiger partial charge in [0.05, 0.1) is 6.54 Å². The van der Waals surface area contributed by atoms with E-state index < -0.39 is 0 Å². The zero-order valence-corrected chi connectivity index (χ0v) is 12.0. The molecule has 18 heavy (non-hydrogen) atoms. The van der Waals surface area contributed by atoms with Crippen LogP contribution in [0.4, 0.5) is 5.69 Å². The molecule has 0 atom stereocenters. The van der Waals surface area contributed by atoms with Crippen molar-refractivity contribution < 1.29 is 0 Å². The lowest BCUT2D eigenvalue weighted by molar-refractivity contribution is 0.209. The first-order chi connectivity index (χ1) is 8.72. The van der Waals surface area contributed by atoms with Gasteiger partial charge < -0.3 is 10.3 Å². The van der Waals surface area contributed by atoms with Crippen LogP contribution in [-0.2, 0) is 19.6 Å². The quantitative estimate of drug-likeness (QED) is 0.655. The van der Waals surface area contributed by atoms with Gasteiger partial charge in [0.2, 0.25) is 0 Å². The van der Waals surface area contributed by atoms with Crippen LogP contribution in [0.1, 0.15) is 11.4 Å². The number of nitrogen functional groups attached to an aromatic ring is 1. The van der Waals surface area contributed by atoms with E-state index in [9.17, 15) is 0 Å². The first-order valence-corrected chi connectivity index (χ1v) is 6.93. The Balaban J connectivity index is 1.72. The van der Waals surface area contributed by atoms with Crippen molar-refractivity contribution in [3.8, 4) is 0 Å². The van der Waals surface area contributed by atoms with Gasteiger partial charge in [0.15, 0.2) is 0 Å². The molecule has 1 aromatic heterocycles. The molecular formula is C12H14IN5. The number of rotatable bonds is 2. The molecule has 0 saturated heterocycles. The van der Waals surface area contributed by atoms with Crippen LogP contribution >= 0.6 is 22.6 Å². The third-order valence-electron chi connectivity index (χ3n) is 3.19. The van der Waals surface area contributed by atoms with Gasteiger partial charge in [-0.2, -0.15) is 0 Å². The Morgan fingerprint density at radius 1 is 1.33 bits per heavy atom. The van der Waals surface area contributed by atoms with Crippen LogP contribution in [0.2, 0.25) is 0 Å². The molecule has 5 nitrogen and oxygen atoms in total. The third kappa shape index (κ3) is 2.35. The number of nitrogens with zero attached hydrogens (tertiary/aromatic N) is 4. The van der Waals surface area contributed by atoms with E-state index in [-0.39, 0.29) is 0 Å². The molecular weight excluding hydrogens is 341 g/mol. The van der Waals surface area contributed by atoms with Crippen molar-refractivity contribution in [2.24, 2.45) is 0 Å². The summed E-state index contributed by atoms with van der Waals surface area (Å²) in [5.41, 5.74) is 7.97. The highest BCUT2D eigenvalue weighted by Crippen LogP contribution is 2.19. The summed E-state index contributed by atoms with van der Waals surface area (Å²) < 4.78 is 3.23. The molecule has 6 heteroatoms. The second-order valence-electron chi connectivity index (χ2n) is 4.51. The van der Waals surface area contributed by atoms with Crippen molar-refractivity contribution in [3.63, 3.8) is 0 Å². The van der Waals surface area contributed by atoms with Crippen molar-refractivity contribution >= 4 is 28.3 Å². The summed E-state index contributed by atoms with van der Waals surface area (Å²) in [5, 5.41) is 8.07. The van der Waals surface area contributed by atoms with Crippen LogP contribution in [0, 0.1) is 3.57 Å². The highest BCUT2D eigenvalue weighted by Gasteiger charge is 2.17. The second kappa shape index (κ2) is 4.85. The largest absolute Gasteiger partial charge is 0.398 e. The molecule has 1 aliphatic rings. The smallest absolute Gasteiger partial charge is 0.147 e. The lowest BCUT2D eigenvalue weighted by Gasteiger charge is -2.26. The zero-order valence-electron chi connectivity index (χ0n) is 9.88. The van der Waals surface area contributed by atoms with E-state index in [1.54, 1.807) is 6.33 Å². The van der Waals surface area contributed by atoms with Crippen LogP contribution in [0.25, 0.3) is 0 Å². The first-order valence-electron chi connectivity index (χ1n) is 5.85. The number of benzene rings is 1. The number of nitrogens with two attached hydrogens (primary N) is 1. The number of fused-ring (bicyclic) bond motifs is 1. The topological polar surface area (TPSA) is 60.0 Å². The van der Waals surface area contributed by atoms with Crippen molar-refractivity contribution in [1.29, 1.82) is 0 Å². The summed E-state index contributed by atoms with van der Waals surface area (Å²) in [6.07, 6.45) is 1.80. The molecule has 0 bridgehead atoms. The average Bonchev–Trinajstić information content (AvgIpc) is 2.81. The van der Waals surface area contributed by atoms with E-state index in [2.05, 4.69) is 54.4 Å². The monoisotopic (exact) mass is 355 g/mol. The van der Waals surface area contributed by atoms with Crippen LogP contribution < -0.4 is 5.73 Å². The molecule has 1 aromatic carbocycles. The van der Waals surface area contributed by atoms with E-state index in [0.717, 1.165) is 41.3 Å². The standard InChI is InChI=1S/C12H14IN5/c13-10-5-9(1-2-11(10)14)6-17-3-4-18-8-15-16-12(18)7-17/h1-2,5,8H,3-4,6-7,14H2. The molecule has 1 aliphatic heterocycles. The molecule has 94 valence electrons. The lowest BCUT2D eigenvalue weighted by Crippen LogP contribution is -2.33. The lowest BCUT2D eigenvalue weighted by atomic mass is 10.2. The maximum absolute atomic E-state index is 5.83. The number of aromatic nitrogens is 3. The molecule has 0 radical (unpaired) electrons. The minimum absolute atomic E-state index is 0.845. The summed E-state index contributed by atoms with van der Waals surface area (Å²) >= 11 is 2.27. The predicted molar refractivity (Wildman–Crippen MR) is 77.7 cm³/mol. The Kier molecular flexibility index (Phi) is 3.21. The maximum atomic E-state index is 5.83. The SMILES string of the molecule is Nc1ccc(CN2CCn3cnnc3C2)cc1I. The van der Waals surface area contributed by atoms with Gasteiger partial charge in [-0.3, -0.25) is 4.90 Å². The zero-order chi connectivity index (χ0) is 12.5. The highest BCUT2D eigenvalue weighted by atomic mass is 127. The Bertz CT molecular complexity index is 565. The van der Waals surface area contributed by atoms with Gasteiger partial charge in [0.1, 0.15) is 12.2 Å². The number of hydrogen-bond acceptors (Lipinski definition) is 4. The molecule has 2 heterocycles. The fraction of sp³-hybridized carbons (Fsp3) is 0.333. The highest BCUT2D eigenvalue weighted by molar-refractivity contribution is 14.1. The molecule has 0 unspecified atom stereocenters. The minimum Gasteiger partial charge on any atom is -0.398 e. The Morgan fingerprint density at radius 2 is 2.22 bits per heavy atom. The second-order valence-corrected chi connectivity index (χ2v) is 5.67. The summed E-state index contributed by atoms with van der Waals surface area (Å²) in [5.74, 6) is 1.05. The first kappa shape index (κ1) is 11.9. The van der Waals surface area contributed by atoms with Crippen LogP contribution in [0.15, 0.2) is 24.5 Å². The molecule has 0 saturated carbocycles. The molecule has 2 N–H and O–H groups in total. The summed E-state index contributed by atoms with van der Waals surface area (Å²) in [6.45, 7) is 3.80.